The molecule has 0 aromatic carbocycles. The van der Waals surface area contributed by atoms with E-state index in [9.17, 15) is 0 Å². The van der Waals surface area contributed by atoms with Gasteiger partial charge in [0, 0.05) is 0 Å². The van der Waals surface area contributed by atoms with Crippen molar-refractivity contribution in [3.8, 4) is 0 Å². The maximum absolute atomic E-state index is 2.36. The summed E-state index contributed by atoms with van der Waals surface area (Å²) in [6.07, 6.45) is 63.7. The lowest BCUT2D eigenvalue weighted by Gasteiger charge is -2.17. The molecule has 0 saturated carbocycles. The van der Waals surface area contributed by atoms with E-state index in [4.69, 9.17) is 0 Å². The first-order chi connectivity index (χ1) is 24.3. The van der Waals surface area contributed by atoms with Crippen LogP contribution >= 0.6 is 0 Å². The lowest BCUT2D eigenvalue weighted by Crippen LogP contribution is -2.01. The first-order valence-corrected chi connectivity index (χ1v) is 24.3. The molecule has 49 heavy (non-hydrogen) atoms. The molecule has 1 atom stereocenters. The fraction of sp³-hybridized carbons (Fsp3) is 1.00. The van der Waals surface area contributed by atoms with Gasteiger partial charge in [-0.15, -0.1) is 0 Å². The smallest absolute Gasteiger partial charge is 0.0414 e. The summed E-state index contributed by atoms with van der Waals surface area (Å²) in [6, 6.07) is 0. The zero-order valence-electron chi connectivity index (χ0n) is 35.6. The molecule has 0 aromatic heterocycles. The van der Waals surface area contributed by atoms with Gasteiger partial charge in [0.05, 0.1) is 0 Å². The van der Waals surface area contributed by atoms with Crippen LogP contribution in [-0.2, 0) is 0 Å². The third-order valence-corrected chi connectivity index (χ3v) is 12.1. The van der Waals surface area contributed by atoms with Crippen LogP contribution in [0, 0.1) is 11.8 Å². The van der Waals surface area contributed by atoms with Crippen LogP contribution in [0.25, 0.3) is 0 Å². The molecule has 0 rings (SSSR count). The second-order valence-corrected chi connectivity index (χ2v) is 17.1. The van der Waals surface area contributed by atoms with Crippen molar-refractivity contribution in [2.45, 2.75) is 304 Å². The quantitative estimate of drug-likeness (QED) is 0.0559. The molecule has 0 aliphatic rings. The van der Waals surface area contributed by atoms with Gasteiger partial charge >= 0.3 is 0 Å². The van der Waals surface area contributed by atoms with Crippen LogP contribution in [0.5, 0.6) is 0 Å². The Balaban J connectivity index is 3.59. The molecule has 1 unspecified atom stereocenters. The van der Waals surface area contributed by atoms with E-state index in [0.717, 1.165) is 11.8 Å². The maximum atomic E-state index is 2.36. The second-order valence-electron chi connectivity index (χ2n) is 17.1. The summed E-state index contributed by atoms with van der Waals surface area (Å²) >= 11 is 0. The van der Waals surface area contributed by atoms with Crippen LogP contribution in [0.2, 0.25) is 0 Å². The first kappa shape index (κ1) is 49.0. The Bertz CT molecular complexity index is 544. The summed E-state index contributed by atoms with van der Waals surface area (Å²) in [6.45, 7) is 9.38. The largest absolute Gasteiger partial charge is 0.0654 e. The molecule has 0 heteroatoms. The number of unbranched alkanes of at least 4 members (excludes halogenated alkanes) is 32. The van der Waals surface area contributed by atoms with E-state index >= 15 is 0 Å². The lowest BCUT2D eigenvalue weighted by atomic mass is 9.89. The number of rotatable bonds is 44. The predicted molar refractivity (Wildman–Crippen MR) is 228 cm³/mol. The Labute approximate surface area is 314 Å². The molecule has 0 radical (unpaired) electrons. The molecule has 0 N–H and O–H groups in total. The van der Waals surface area contributed by atoms with Crippen molar-refractivity contribution < 1.29 is 0 Å². The summed E-state index contributed by atoms with van der Waals surface area (Å²) in [4.78, 5) is 0. The molecule has 0 saturated heterocycles. The van der Waals surface area contributed by atoms with Crippen molar-refractivity contribution in [1.29, 1.82) is 0 Å². The van der Waals surface area contributed by atoms with Gasteiger partial charge in [-0.1, -0.05) is 304 Å². The summed E-state index contributed by atoms with van der Waals surface area (Å²) in [5.41, 5.74) is 0. The van der Waals surface area contributed by atoms with E-state index in [0.29, 0.717) is 0 Å². The normalized spacial score (nSPS) is 12.4. The van der Waals surface area contributed by atoms with Crippen molar-refractivity contribution in [2.75, 3.05) is 0 Å². The molecule has 0 heterocycles. The van der Waals surface area contributed by atoms with Crippen LogP contribution < -0.4 is 0 Å². The molecule has 0 bridgehead atoms. The Morgan fingerprint density at radius 3 is 0.510 bits per heavy atom. The highest BCUT2D eigenvalue weighted by atomic mass is 14.2. The van der Waals surface area contributed by atoms with E-state index in [1.54, 1.807) is 0 Å². The molecule has 0 spiro atoms. The highest BCUT2D eigenvalue weighted by molar-refractivity contribution is 4.63. The van der Waals surface area contributed by atoms with E-state index in [1.807, 2.05) is 0 Å². The minimum atomic E-state index is 1.02. The van der Waals surface area contributed by atoms with Crippen molar-refractivity contribution in [2.24, 2.45) is 11.8 Å². The van der Waals surface area contributed by atoms with E-state index < -0.39 is 0 Å². The van der Waals surface area contributed by atoms with Gasteiger partial charge in [0.25, 0.3) is 0 Å². The average Bonchev–Trinajstić information content (AvgIpc) is 3.10. The van der Waals surface area contributed by atoms with Gasteiger partial charge in [0.1, 0.15) is 0 Å². The zero-order valence-corrected chi connectivity index (χ0v) is 35.6. The van der Waals surface area contributed by atoms with Crippen LogP contribution in [-0.4, -0.2) is 0 Å². The SMILES string of the molecule is CCCCCCCCCCC(CCCCCCCCC)CCCCCCCCCCCCCCCCCCCCCCC(CCC)CCC. The minimum Gasteiger partial charge on any atom is -0.0654 e. The summed E-state index contributed by atoms with van der Waals surface area (Å²) in [5, 5.41) is 0. The highest BCUT2D eigenvalue weighted by Crippen LogP contribution is 2.25. The molecular weight excluding hydrogens is 589 g/mol. The molecule has 0 aliphatic carbocycles. The number of hydrogen-bond acceptors (Lipinski definition) is 0. The highest BCUT2D eigenvalue weighted by Gasteiger charge is 2.09. The van der Waals surface area contributed by atoms with Gasteiger partial charge in [-0.2, -0.15) is 0 Å². The second kappa shape index (κ2) is 44.2. The standard InChI is InChI=1S/C49H100/c1-5-9-11-13-15-31-36-40-46-49(45-39-34-30-14-12-10-6-2)47-41-37-33-29-27-25-23-21-19-17-16-18-20-22-24-26-28-32-35-38-44-48(42-7-3)43-8-4/h48-49H,5-47H2,1-4H3. The van der Waals surface area contributed by atoms with Crippen molar-refractivity contribution in [1.82, 2.24) is 0 Å². The van der Waals surface area contributed by atoms with Crippen molar-refractivity contribution >= 4 is 0 Å². The summed E-state index contributed by atoms with van der Waals surface area (Å²) < 4.78 is 0. The Morgan fingerprint density at radius 2 is 0.327 bits per heavy atom. The third-order valence-electron chi connectivity index (χ3n) is 12.1. The summed E-state index contributed by atoms with van der Waals surface area (Å²) in [7, 11) is 0. The van der Waals surface area contributed by atoms with Gasteiger partial charge < -0.3 is 0 Å². The topological polar surface area (TPSA) is 0 Å². The van der Waals surface area contributed by atoms with Crippen molar-refractivity contribution in [3.05, 3.63) is 0 Å². The van der Waals surface area contributed by atoms with E-state index in [-0.39, 0.29) is 0 Å². The molecule has 0 fully saturated rings. The van der Waals surface area contributed by atoms with Crippen LogP contribution in [0.15, 0.2) is 0 Å². The van der Waals surface area contributed by atoms with Gasteiger partial charge in [0.2, 0.25) is 0 Å². The molecule has 0 aromatic rings. The lowest BCUT2D eigenvalue weighted by molar-refractivity contribution is 0.365. The molecule has 296 valence electrons. The average molecular weight is 689 g/mol. The van der Waals surface area contributed by atoms with Gasteiger partial charge in [-0.05, 0) is 11.8 Å². The summed E-state index contributed by atoms with van der Waals surface area (Å²) in [5.74, 6) is 2.06. The molecular formula is C49H100. The molecule has 0 nitrogen and oxygen atoms in total. The van der Waals surface area contributed by atoms with Crippen LogP contribution in [0.3, 0.4) is 0 Å². The number of hydrogen-bond donors (Lipinski definition) is 0. The van der Waals surface area contributed by atoms with Gasteiger partial charge in [-0.3, -0.25) is 0 Å². The van der Waals surface area contributed by atoms with E-state index in [2.05, 4.69) is 27.7 Å². The Morgan fingerprint density at radius 1 is 0.163 bits per heavy atom. The fourth-order valence-electron chi connectivity index (χ4n) is 8.69. The first-order valence-electron chi connectivity index (χ1n) is 24.3. The Kier molecular flexibility index (Phi) is 44.2. The molecule has 0 amide bonds. The van der Waals surface area contributed by atoms with Gasteiger partial charge in [-0.25, -0.2) is 0 Å². The minimum absolute atomic E-state index is 1.02. The fourth-order valence-corrected chi connectivity index (χ4v) is 8.69. The monoisotopic (exact) mass is 689 g/mol. The predicted octanol–water partition coefficient (Wildman–Crippen LogP) is 19.1. The van der Waals surface area contributed by atoms with Crippen LogP contribution in [0.4, 0.5) is 0 Å². The third kappa shape index (κ3) is 40.6. The van der Waals surface area contributed by atoms with E-state index in [1.165, 1.54) is 276 Å². The van der Waals surface area contributed by atoms with Crippen molar-refractivity contribution in [3.63, 3.8) is 0 Å². The van der Waals surface area contributed by atoms with Gasteiger partial charge in [0.15, 0.2) is 0 Å². The maximum Gasteiger partial charge on any atom is -0.0414 e. The van der Waals surface area contributed by atoms with Crippen LogP contribution in [0.1, 0.15) is 304 Å². The Hall–Kier alpha value is 0. The zero-order chi connectivity index (χ0) is 35.6. The molecule has 0 aliphatic heterocycles.